The molecular formula is C59H86N10O4S. The minimum atomic E-state index is -0.0803. The molecule has 0 spiro atoms. The minimum Gasteiger partial charge on any atom is -0.378 e. The van der Waals surface area contributed by atoms with Gasteiger partial charge in [0.25, 0.3) is 5.91 Å². The summed E-state index contributed by atoms with van der Waals surface area (Å²) in [5, 5.41) is 6.33. The van der Waals surface area contributed by atoms with E-state index < -0.39 is 0 Å². The van der Waals surface area contributed by atoms with Crippen molar-refractivity contribution >= 4 is 47.0 Å². The number of aryl methyl sites for hydroxylation is 2. The standard InChI is InChI=1S/C26H35N5O2.C17H28N4S.C11H13NO2.C3H4.C2H6/c1-18-15-21-5-3-4-6-24(21)31(18)25-16-22(28-19(2)29-25)17-27-26(32)20-7-9-23(10-8-20)30-11-13-33-14-12-30;1-12(18-3)14-11-16(20-13(2)19-14)21-10-9-17(22-4)8-6-5-7-15(17)21;13-9-10-1-3-11(4-2-10)12-5-7-14-8-6-12;1-3-2;1-2/h7-10,16,18,21,24H,3-6,11-15,17H2,1-2H3,(H,27,32);11-12,15,18H,5-10H2,1-4H3;1-4,9H,5-8H2;1H,2H3;1-2H3/t;12?,15?,17-;;;/m.1.../s1. The molecular weight excluding hydrogens is 945 g/mol. The van der Waals surface area contributed by atoms with Crippen LogP contribution < -0.4 is 30.2 Å². The van der Waals surface area contributed by atoms with Crippen molar-refractivity contribution in [3.8, 4) is 12.3 Å². The molecule has 2 aliphatic carbocycles. The second-order valence-electron chi connectivity index (χ2n) is 20.0. The van der Waals surface area contributed by atoms with Gasteiger partial charge in [-0.05, 0) is 141 Å². The molecule has 5 unspecified atom stereocenters. The third kappa shape index (κ3) is 15.2. The lowest BCUT2D eigenvalue weighted by molar-refractivity contribution is 0.0950. The molecule has 6 atom stereocenters. The van der Waals surface area contributed by atoms with E-state index in [-0.39, 0.29) is 11.9 Å². The fourth-order valence-electron chi connectivity index (χ4n) is 11.5. The SMILES string of the molecule is C#CC.CC.CNC(C)c1cc(N2CC[C@]3(SC)CCCCC23)nc(C)n1.Cc1nc(CNC(=O)c2ccc(N3CCOCC3)cc2)cc(N2C(C)CC3CCCCC32)n1.O=Cc1ccc(N2CCOCC2)cc1. The Bertz CT molecular complexity index is 2390. The summed E-state index contributed by atoms with van der Waals surface area (Å²) in [6.07, 6.45) is 21.0. The molecule has 4 aliphatic heterocycles. The predicted molar refractivity (Wildman–Crippen MR) is 305 cm³/mol. The van der Waals surface area contributed by atoms with Crippen LogP contribution in [0, 0.1) is 32.1 Å². The topological polar surface area (TPSA) is 141 Å². The lowest BCUT2D eigenvalue weighted by Gasteiger charge is -2.41. The number of nitrogens with one attached hydrogen (secondary N) is 2. The number of aromatic nitrogens is 4. The van der Waals surface area contributed by atoms with E-state index in [1.54, 1.807) is 6.92 Å². The number of benzene rings is 2. The molecule has 1 amide bonds. The number of rotatable bonds is 11. The number of fused-ring (bicyclic) bond motifs is 2. The van der Waals surface area contributed by atoms with E-state index >= 15 is 0 Å². The van der Waals surface area contributed by atoms with Crippen LogP contribution in [0.25, 0.3) is 0 Å². The molecule has 0 radical (unpaired) electrons. The highest BCUT2D eigenvalue weighted by Crippen LogP contribution is 2.49. The lowest BCUT2D eigenvalue weighted by atomic mass is 9.84. The average Bonchev–Trinajstić information content (AvgIpc) is 4.01. The van der Waals surface area contributed by atoms with Crippen LogP contribution in [-0.4, -0.2) is 127 Å². The summed E-state index contributed by atoms with van der Waals surface area (Å²) in [6.45, 7) is 22.3. The molecule has 14 nitrogen and oxygen atoms in total. The van der Waals surface area contributed by atoms with Crippen LogP contribution >= 0.6 is 11.8 Å². The number of anilines is 4. The van der Waals surface area contributed by atoms with E-state index in [0.29, 0.717) is 35.0 Å². The van der Waals surface area contributed by atoms with Gasteiger partial charge in [-0.25, -0.2) is 19.9 Å². The van der Waals surface area contributed by atoms with Crippen molar-refractivity contribution < 1.29 is 19.1 Å². The van der Waals surface area contributed by atoms with Gasteiger partial charge in [-0.15, -0.1) is 12.3 Å². The number of morpholine rings is 2. The number of ether oxygens (including phenoxy) is 2. The van der Waals surface area contributed by atoms with Crippen LogP contribution in [0.4, 0.5) is 23.0 Å². The summed E-state index contributed by atoms with van der Waals surface area (Å²) < 4.78 is 11.1. The minimum absolute atomic E-state index is 0.0803. The lowest BCUT2D eigenvalue weighted by Crippen LogP contribution is -2.45. The zero-order valence-corrected chi connectivity index (χ0v) is 46.9. The third-order valence-electron chi connectivity index (χ3n) is 15.3. The molecule has 10 rings (SSSR count). The smallest absolute Gasteiger partial charge is 0.251 e. The van der Waals surface area contributed by atoms with E-state index in [4.69, 9.17) is 19.4 Å². The third-order valence-corrected chi connectivity index (χ3v) is 16.8. The molecule has 2 N–H and O–H groups in total. The van der Waals surface area contributed by atoms with Gasteiger partial charge in [0.1, 0.15) is 29.6 Å². The summed E-state index contributed by atoms with van der Waals surface area (Å²) in [6, 6.07) is 21.7. The highest BCUT2D eigenvalue weighted by Gasteiger charge is 2.48. The molecule has 2 saturated carbocycles. The number of aldehydes is 1. The van der Waals surface area contributed by atoms with Crippen molar-refractivity contribution in [3.63, 3.8) is 0 Å². The van der Waals surface area contributed by atoms with Crippen molar-refractivity contribution in [1.82, 2.24) is 30.6 Å². The Morgan fingerprint density at radius 2 is 1.41 bits per heavy atom. The van der Waals surface area contributed by atoms with E-state index in [1.165, 1.54) is 69.9 Å². The molecule has 2 aromatic carbocycles. The molecule has 74 heavy (non-hydrogen) atoms. The Kier molecular flexibility index (Phi) is 22.8. The van der Waals surface area contributed by atoms with Gasteiger partial charge in [0.15, 0.2) is 0 Å². The molecule has 6 heterocycles. The molecule has 402 valence electrons. The molecule has 4 saturated heterocycles. The first kappa shape index (κ1) is 58.0. The maximum Gasteiger partial charge on any atom is 0.251 e. The Hall–Kier alpha value is -5.27. The average molecular weight is 1030 g/mol. The van der Waals surface area contributed by atoms with Crippen LogP contribution in [-0.2, 0) is 16.0 Å². The molecule has 6 fully saturated rings. The normalized spacial score (nSPS) is 23.3. The second kappa shape index (κ2) is 29.1. The fraction of sp³-hybridized carbons (Fsp3) is 0.593. The van der Waals surface area contributed by atoms with Crippen LogP contribution in [0.1, 0.15) is 149 Å². The van der Waals surface area contributed by atoms with Gasteiger partial charge < -0.3 is 39.7 Å². The molecule has 4 aromatic rings. The number of hydrogen-bond donors (Lipinski definition) is 2. The van der Waals surface area contributed by atoms with Crippen LogP contribution in [0.3, 0.4) is 0 Å². The van der Waals surface area contributed by atoms with Crippen LogP contribution in [0.15, 0.2) is 60.7 Å². The van der Waals surface area contributed by atoms with Crippen LogP contribution in [0.2, 0.25) is 0 Å². The summed E-state index contributed by atoms with van der Waals surface area (Å²) in [5.41, 5.74) is 5.65. The Labute approximate surface area is 448 Å². The first-order chi connectivity index (χ1) is 36.0. The largest absolute Gasteiger partial charge is 0.378 e. The van der Waals surface area contributed by atoms with Crippen molar-refractivity contribution in [2.45, 2.75) is 148 Å². The number of terminal acetylenes is 1. The molecule has 15 heteroatoms. The van der Waals surface area contributed by atoms with E-state index in [2.05, 4.69) is 96.5 Å². The van der Waals surface area contributed by atoms with Gasteiger partial charge in [-0.2, -0.15) is 11.8 Å². The van der Waals surface area contributed by atoms with E-state index in [0.717, 1.165) is 117 Å². The number of thioether (sulfide) groups is 1. The maximum absolute atomic E-state index is 12.8. The number of amides is 1. The van der Waals surface area contributed by atoms with Crippen molar-refractivity contribution in [1.29, 1.82) is 0 Å². The summed E-state index contributed by atoms with van der Waals surface area (Å²) in [5.74, 6) is 6.75. The molecule has 0 bridgehead atoms. The second-order valence-corrected chi connectivity index (χ2v) is 21.2. The van der Waals surface area contributed by atoms with Crippen molar-refractivity contribution in [2.75, 3.05) is 92.1 Å². The quantitative estimate of drug-likeness (QED) is 0.109. The molecule has 6 aliphatic rings. The van der Waals surface area contributed by atoms with Crippen molar-refractivity contribution in [3.05, 3.63) is 94.8 Å². The summed E-state index contributed by atoms with van der Waals surface area (Å²) >= 11 is 2.08. The van der Waals surface area contributed by atoms with Gasteiger partial charge in [0.2, 0.25) is 0 Å². The Morgan fingerprint density at radius 3 is 2.01 bits per heavy atom. The highest BCUT2D eigenvalue weighted by atomic mass is 32.2. The highest BCUT2D eigenvalue weighted by molar-refractivity contribution is 8.00. The molecule has 2 aromatic heterocycles. The Morgan fingerprint density at radius 1 is 0.824 bits per heavy atom. The monoisotopic (exact) mass is 1030 g/mol. The summed E-state index contributed by atoms with van der Waals surface area (Å²) in [4.78, 5) is 51.6. The maximum atomic E-state index is 12.8. The first-order valence-electron chi connectivity index (χ1n) is 27.4. The summed E-state index contributed by atoms with van der Waals surface area (Å²) in [7, 11) is 1.98. The Balaban J connectivity index is 0.000000187. The first-order valence-corrected chi connectivity index (χ1v) is 28.7. The van der Waals surface area contributed by atoms with Crippen molar-refractivity contribution in [2.24, 2.45) is 5.92 Å². The van der Waals surface area contributed by atoms with Gasteiger partial charge in [-0.3, -0.25) is 9.59 Å². The van der Waals surface area contributed by atoms with Gasteiger partial charge in [0.05, 0.1) is 44.4 Å². The predicted octanol–water partition coefficient (Wildman–Crippen LogP) is 10.0. The number of carbonyl (C=O) groups is 2. The zero-order chi connectivity index (χ0) is 53.0. The van der Waals surface area contributed by atoms with Gasteiger partial charge in [0, 0.05) is 96.3 Å². The van der Waals surface area contributed by atoms with E-state index in [1.807, 2.05) is 83.3 Å². The fourth-order valence-corrected chi connectivity index (χ4v) is 12.7. The van der Waals surface area contributed by atoms with Gasteiger partial charge >= 0.3 is 0 Å². The zero-order valence-electron chi connectivity index (χ0n) is 46.1. The van der Waals surface area contributed by atoms with Gasteiger partial charge in [-0.1, -0.05) is 39.5 Å². The number of nitrogens with zero attached hydrogens (tertiary/aromatic N) is 8. The van der Waals surface area contributed by atoms with E-state index in [9.17, 15) is 9.59 Å². The van der Waals surface area contributed by atoms with Crippen LogP contribution in [0.5, 0.6) is 0 Å². The number of hydrogen-bond acceptors (Lipinski definition) is 14. The number of carbonyl (C=O) groups excluding carboxylic acids is 2.